The predicted octanol–water partition coefficient (Wildman–Crippen LogP) is 1.80. The first-order chi connectivity index (χ1) is 13.8. The van der Waals surface area contributed by atoms with Crippen molar-refractivity contribution in [2.75, 3.05) is 11.9 Å². The SMILES string of the molecule is Cc1ccc(NC(=O)CNC(=O)CCn2c(=O)[nH]c(=O)c3ccccc32)c(Cl)c1. The van der Waals surface area contributed by atoms with Crippen LogP contribution in [-0.4, -0.2) is 27.9 Å². The fourth-order valence-electron chi connectivity index (χ4n) is 2.86. The molecule has 0 aliphatic heterocycles. The van der Waals surface area contributed by atoms with Gasteiger partial charge in [-0.3, -0.25) is 23.9 Å². The molecule has 9 heteroatoms. The van der Waals surface area contributed by atoms with Gasteiger partial charge in [-0.25, -0.2) is 4.79 Å². The van der Waals surface area contributed by atoms with Gasteiger partial charge in [0.2, 0.25) is 11.8 Å². The number of amides is 2. The summed E-state index contributed by atoms with van der Waals surface area (Å²) in [5.41, 5.74) is 0.806. The second-order valence-electron chi connectivity index (χ2n) is 6.49. The highest BCUT2D eigenvalue weighted by Gasteiger charge is 2.11. The minimum Gasteiger partial charge on any atom is -0.347 e. The Kier molecular flexibility index (Phi) is 6.13. The number of fused-ring (bicyclic) bond motifs is 1. The molecule has 29 heavy (non-hydrogen) atoms. The second kappa shape index (κ2) is 8.74. The Bertz CT molecular complexity index is 1200. The summed E-state index contributed by atoms with van der Waals surface area (Å²) in [4.78, 5) is 50.3. The van der Waals surface area contributed by atoms with Crippen molar-refractivity contribution in [2.24, 2.45) is 0 Å². The summed E-state index contributed by atoms with van der Waals surface area (Å²) in [6.07, 6.45) is -0.0332. The molecule has 0 saturated heterocycles. The Morgan fingerprint density at radius 3 is 2.62 bits per heavy atom. The van der Waals surface area contributed by atoms with Crippen LogP contribution in [0.2, 0.25) is 5.02 Å². The van der Waals surface area contributed by atoms with Crippen LogP contribution >= 0.6 is 11.6 Å². The third-order valence-corrected chi connectivity index (χ3v) is 4.63. The summed E-state index contributed by atoms with van der Waals surface area (Å²) in [5, 5.41) is 5.90. The van der Waals surface area contributed by atoms with Gasteiger partial charge in [0, 0.05) is 13.0 Å². The van der Waals surface area contributed by atoms with Crippen molar-refractivity contribution in [1.82, 2.24) is 14.9 Å². The van der Waals surface area contributed by atoms with Crippen LogP contribution in [0.15, 0.2) is 52.1 Å². The maximum absolute atomic E-state index is 12.1. The van der Waals surface area contributed by atoms with Crippen molar-refractivity contribution in [1.29, 1.82) is 0 Å². The lowest BCUT2D eigenvalue weighted by Gasteiger charge is -2.10. The van der Waals surface area contributed by atoms with Crippen molar-refractivity contribution in [3.8, 4) is 0 Å². The average molecular weight is 415 g/mol. The summed E-state index contributed by atoms with van der Waals surface area (Å²) in [7, 11) is 0. The number of anilines is 1. The summed E-state index contributed by atoms with van der Waals surface area (Å²) >= 11 is 6.07. The number of aryl methyl sites for hydroxylation is 2. The van der Waals surface area contributed by atoms with Crippen molar-refractivity contribution >= 4 is 40.0 Å². The minimum atomic E-state index is -0.590. The van der Waals surface area contributed by atoms with Gasteiger partial charge in [-0.1, -0.05) is 29.8 Å². The number of nitrogens with zero attached hydrogens (tertiary/aromatic N) is 1. The van der Waals surface area contributed by atoms with Gasteiger partial charge in [0.15, 0.2) is 0 Å². The van der Waals surface area contributed by atoms with E-state index in [4.69, 9.17) is 11.6 Å². The number of hydrogen-bond donors (Lipinski definition) is 3. The highest BCUT2D eigenvalue weighted by Crippen LogP contribution is 2.22. The lowest BCUT2D eigenvalue weighted by molar-refractivity contribution is -0.124. The predicted molar refractivity (Wildman–Crippen MR) is 111 cm³/mol. The summed E-state index contributed by atoms with van der Waals surface area (Å²) in [6, 6.07) is 11.9. The summed E-state index contributed by atoms with van der Waals surface area (Å²) < 4.78 is 1.32. The van der Waals surface area contributed by atoms with E-state index in [1.807, 2.05) is 13.0 Å². The van der Waals surface area contributed by atoms with Crippen LogP contribution in [0.25, 0.3) is 10.9 Å². The first-order valence-electron chi connectivity index (χ1n) is 8.89. The molecule has 0 fully saturated rings. The molecule has 0 spiro atoms. The lowest BCUT2D eigenvalue weighted by atomic mass is 10.2. The van der Waals surface area contributed by atoms with E-state index in [9.17, 15) is 19.2 Å². The minimum absolute atomic E-state index is 0.0332. The van der Waals surface area contributed by atoms with Crippen LogP contribution in [0, 0.1) is 6.92 Å². The smallest absolute Gasteiger partial charge is 0.328 e. The first-order valence-corrected chi connectivity index (χ1v) is 9.27. The van der Waals surface area contributed by atoms with Gasteiger partial charge in [0.25, 0.3) is 5.56 Å². The molecule has 3 aromatic rings. The number of carbonyl (C=O) groups is 2. The molecule has 0 aliphatic carbocycles. The molecule has 0 atom stereocenters. The van der Waals surface area contributed by atoms with Crippen molar-refractivity contribution in [2.45, 2.75) is 19.9 Å². The Labute approximate surface area is 170 Å². The standard InChI is InChI=1S/C20H19ClN4O4/c1-12-6-7-15(14(21)10-12)23-18(27)11-22-17(26)8-9-25-16-5-3-2-4-13(16)19(28)24-20(25)29/h2-7,10H,8-9,11H2,1H3,(H,22,26)(H,23,27)(H,24,28,29). The van der Waals surface area contributed by atoms with Crippen LogP contribution in [0.4, 0.5) is 5.69 Å². The Morgan fingerprint density at radius 1 is 1.10 bits per heavy atom. The van der Waals surface area contributed by atoms with E-state index in [1.54, 1.807) is 36.4 Å². The number of hydrogen-bond acceptors (Lipinski definition) is 4. The molecule has 0 radical (unpaired) electrons. The van der Waals surface area contributed by atoms with E-state index in [0.717, 1.165) is 5.56 Å². The molecule has 0 aliphatic rings. The van der Waals surface area contributed by atoms with Crippen molar-refractivity contribution < 1.29 is 9.59 Å². The third kappa shape index (κ3) is 4.91. The molecule has 0 bridgehead atoms. The van der Waals surface area contributed by atoms with E-state index in [-0.39, 0.29) is 19.5 Å². The number of benzene rings is 2. The lowest BCUT2D eigenvalue weighted by Crippen LogP contribution is -2.35. The molecule has 0 saturated carbocycles. The Morgan fingerprint density at radius 2 is 1.86 bits per heavy atom. The average Bonchev–Trinajstić information content (AvgIpc) is 2.68. The van der Waals surface area contributed by atoms with Gasteiger partial charge in [0.05, 0.1) is 28.2 Å². The number of halogens is 1. The van der Waals surface area contributed by atoms with E-state index in [2.05, 4.69) is 15.6 Å². The molecular formula is C20H19ClN4O4. The van der Waals surface area contributed by atoms with E-state index < -0.39 is 23.1 Å². The molecular weight excluding hydrogens is 396 g/mol. The number of aromatic amines is 1. The molecule has 1 aromatic heterocycles. The van der Waals surface area contributed by atoms with Crippen LogP contribution in [0.3, 0.4) is 0 Å². The number of para-hydroxylation sites is 1. The maximum Gasteiger partial charge on any atom is 0.328 e. The molecule has 8 nitrogen and oxygen atoms in total. The van der Waals surface area contributed by atoms with Crippen LogP contribution in [0.1, 0.15) is 12.0 Å². The van der Waals surface area contributed by atoms with Gasteiger partial charge in [-0.2, -0.15) is 0 Å². The number of aromatic nitrogens is 2. The largest absolute Gasteiger partial charge is 0.347 e. The molecule has 3 N–H and O–H groups in total. The number of H-pyrrole nitrogens is 1. The van der Waals surface area contributed by atoms with Gasteiger partial charge >= 0.3 is 5.69 Å². The van der Waals surface area contributed by atoms with Gasteiger partial charge in [0.1, 0.15) is 0 Å². The fourth-order valence-corrected chi connectivity index (χ4v) is 3.14. The molecule has 2 amide bonds. The van der Waals surface area contributed by atoms with Crippen molar-refractivity contribution in [3.05, 3.63) is 73.9 Å². The zero-order valence-corrected chi connectivity index (χ0v) is 16.4. The van der Waals surface area contributed by atoms with Crippen molar-refractivity contribution in [3.63, 3.8) is 0 Å². The molecule has 1 heterocycles. The number of carbonyl (C=O) groups excluding carboxylic acids is 2. The van der Waals surface area contributed by atoms with Crippen LogP contribution < -0.4 is 21.9 Å². The summed E-state index contributed by atoms with van der Waals surface area (Å²) in [5.74, 6) is -0.826. The Balaban J connectivity index is 1.58. The van der Waals surface area contributed by atoms with Gasteiger partial charge < -0.3 is 10.6 Å². The fraction of sp³-hybridized carbons (Fsp3) is 0.200. The molecule has 3 rings (SSSR count). The highest BCUT2D eigenvalue weighted by molar-refractivity contribution is 6.33. The number of rotatable bonds is 6. The molecule has 2 aromatic carbocycles. The summed E-state index contributed by atoms with van der Waals surface area (Å²) in [6.45, 7) is 1.71. The topological polar surface area (TPSA) is 113 Å². The highest BCUT2D eigenvalue weighted by atomic mass is 35.5. The third-order valence-electron chi connectivity index (χ3n) is 4.31. The van der Waals surface area contributed by atoms with Crippen LogP contribution in [0.5, 0.6) is 0 Å². The number of nitrogens with one attached hydrogen (secondary N) is 3. The van der Waals surface area contributed by atoms with E-state index >= 15 is 0 Å². The van der Waals surface area contributed by atoms with Gasteiger partial charge in [-0.05, 0) is 36.8 Å². The zero-order chi connectivity index (χ0) is 21.0. The quantitative estimate of drug-likeness (QED) is 0.570. The first kappa shape index (κ1) is 20.3. The molecule has 150 valence electrons. The normalized spacial score (nSPS) is 10.7. The van der Waals surface area contributed by atoms with Crippen LogP contribution in [-0.2, 0) is 16.1 Å². The maximum atomic E-state index is 12.1. The monoisotopic (exact) mass is 414 g/mol. The van der Waals surface area contributed by atoms with Gasteiger partial charge in [-0.15, -0.1) is 0 Å². The van der Waals surface area contributed by atoms with E-state index in [0.29, 0.717) is 21.6 Å². The second-order valence-corrected chi connectivity index (χ2v) is 6.89. The Hall–Kier alpha value is -3.39. The van der Waals surface area contributed by atoms with E-state index in [1.165, 1.54) is 4.57 Å². The zero-order valence-electron chi connectivity index (χ0n) is 15.6. The molecule has 0 unspecified atom stereocenters.